The number of nitrogens with zero attached hydrogens (tertiary/aromatic N) is 1. The molecule has 0 aromatic carbocycles. The Morgan fingerprint density at radius 3 is 2.76 bits per heavy atom. The highest BCUT2D eigenvalue weighted by Crippen LogP contribution is 2.31. The van der Waals surface area contributed by atoms with Crippen LogP contribution in [0.4, 0.5) is 0 Å². The summed E-state index contributed by atoms with van der Waals surface area (Å²) < 4.78 is 0. The van der Waals surface area contributed by atoms with Crippen LogP contribution in [0.1, 0.15) is 58.8 Å². The van der Waals surface area contributed by atoms with Gasteiger partial charge in [0, 0.05) is 18.6 Å². The molecule has 2 atom stereocenters. The van der Waals surface area contributed by atoms with Crippen molar-refractivity contribution >= 4 is 0 Å². The Labute approximate surface area is 107 Å². The van der Waals surface area contributed by atoms with Crippen molar-refractivity contribution in [1.82, 2.24) is 10.2 Å². The van der Waals surface area contributed by atoms with E-state index in [0.717, 1.165) is 18.0 Å². The molecule has 2 fully saturated rings. The second kappa shape index (κ2) is 6.75. The highest BCUT2D eigenvalue weighted by molar-refractivity contribution is 4.90. The van der Waals surface area contributed by atoms with E-state index in [0.29, 0.717) is 0 Å². The number of unbranched alkanes of at least 4 members (excludes halogenated alkanes) is 2. The van der Waals surface area contributed by atoms with Gasteiger partial charge in [-0.3, -0.25) is 0 Å². The fourth-order valence-corrected chi connectivity index (χ4v) is 2.97. The van der Waals surface area contributed by atoms with Crippen molar-refractivity contribution in [1.29, 1.82) is 0 Å². The summed E-state index contributed by atoms with van der Waals surface area (Å²) >= 11 is 0. The van der Waals surface area contributed by atoms with Crippen LogP contribution in [0.5, 0.6) is 0 Å². The molecule has 1 N–H and O–H groups in total. The van der Waals surface area contributed by atoms with Crippen molar-refractivity contribution < 1.29 is 0 Å². The van der Waals surface area contributed by atoms with Gasteiger partial charge in [0.1, 0.15) is 0 Å². The first-order chi connectivity index (χ1) is 8.29. The highest BCUT2D eigenvalue weighted by atomic mass is 15.2. The Morgan fingerprint density at radius 2 is 2.06 bits per heavy atom. The maximum absolute atomic E-state index is 3.74. The van der Waals surface area contributed by atoms with E-state index >= 15 is 0 Å². The van der Waals surface area contributed by atoms with Crippen molar-refractivity contribution in [3.63, 3.8) is 0 Å². The third kappa shape index (κ3) is 4.59. The second-order valence-electron chi connectivity index (χ2n) is 6.19. The minimum atomic E-state index is 0.719. The first kappa shape index (κ1) is 13.4. The number of rotatable bonds is 8. The van der Waals surface area contributed by atoms with Crippen LogP contribution >= 0.6 is 0 Å². The van der Waals surface area contributed by atoms with Gasteiger partial charge in [0.2, 0.25) is 0 Å². The van der Waals surface area contributed by atoms with E-state index < -0.39 is 0 Å². The van der Waals surface area contributed by atoms with Gasteiger partial charge < -0.3 is 10.2 Å². The molecule has 1 aliphatic carbocycles. The van der Waals surface area contributed by atoms with Gasteiger partial charge in [0.15, 0.2) is 0 Å². The molecule has 0 radical (unpaired) electrons. The highest BCUT2D eigenvalue weighted by Gasteiger charge is 2.34. The lowest BCUT2D eigenvalue weighted by Crippen LogP contribution is -2.32. The molecule has 1 heterocycles. The van der Waals surface area contributed by atoms with Crippen LogP contribution in [0.25, 0.3) is 0 Å². The summed E-state index contributed by atoms with van der Waals surface area (Å²) in [6, 6.07) is 1.69. The molecule has 0 aromatic rings. The molecular formula is C15H30N2. The summed E-state index contributed by atoms with van der Waals surface area (Å²) in [7, 11) is 0. The van der Waals surface area contributed by atoms with Crippen LogP contribution in [0.3, 0.4) is 0 Å². The molecule has 0 spiro atoms. The van der Waals surface area contributed by atoms with E-state index in [9.17, 15) is 0 Å². The molecule has 1 aliphatic heterocycles. The van der Waals surface area contributed by atoms with Crippen LogP contribution in [-0.2, 0) is 0 Å². The number of hydrogen-bond donors (Lipinski definition) is 1. The first-order valence-electron chi connectivity index (χ1n) is 7.77. The van der Waals surface area contributed by atoms with Gasteiger partial charge in [-0.1, -0.05) is 26.2 Å². The molecule has 0 bridgehead atoms. The molecule has 1 saturated carbocycles. The normalized spacial score (nSPS) is 27.5. The summed E-state index contributed by atoms with van der Waals surface area (Å²) in [5.74, 6) is 0.921. The van der Waals surface area contributed by atoms with Gasteiger partial charge in [0.05, 0.1) is 0 Å². The summed E-state index contributed by atoms with van der Waals surface area (Å²) in [5, 5.41) is 3.74. The predicted molar refractivity (Wildman–Crippen MR) is 74.3 cm³/mol. The average molecular weight is 238 g/mol. The summed E-state index contributed by atoms with van der Waals surface area (Å²) in [4.78, 5) is 2.72. The van der Waals surface area contributed by atoms with Crippen molar-refractivity contribution in [2.24, 2.45) is 5.92 Å². The molecule has 100 valence electrons. The van der Waals surface area contributed by atoms with E-state index in [1.807, 2.05) is 0 Å². The van der Waals surface area contributed by atoms with Gasteiger partial charge in [-0.15, -0.1) is 0 Å². The molecule has 0 aromatic heterocycles. The summed E-state index contributed by atoms with van der Waals surface area (Å²) in [6.45, 7) is 8.60. The zero-order valence-electron chi connectivity index (χ0n) is 11.8. The quantitative estimate of drug-likeness (QED) is 0.654. The minimum Gasteiger partial charge on any atom is -0.314 e. The monoisotopic (exact) mass is 238 g/mol. The molecule has 2 aliphatic rings. The Bertz CT molecular complexity index is 213. The van der Waals surface area contributed by atoms with E-state index in [2.05, 4.69) is 24.1 Å². The number of nitrogens with one attached hydrogen (secondary N) is 1. The van der Waals surface area contributed by atoms with Gasteiger partial charge in [-0.05, 0) is 51.6 Å². The summed E-state index contributed by atoms with van der Waals surface area (Å²) in [6.07, 6.45) is 9.83. The third-order valence-electron chi connectivity index (χ3n) is 4.38. The number of likely N-dealkylation sites (tertiary alicyclic amines) is 1. The maximum Gasteiger partial charge on any atom is 0.00965 e. The minimum absolute atomic E-state index is 0.719. The fraction of sp³-hybridized carbons (Fsp3) is 1.00. The van der Waals surface area contributed by atoms with Gasteiger partial charge >= 0.3 is 0 Å². The zero-order chi connectivity index (χ0) is 12.1. The molecule has 17 heavy (non-hydrogen) atoms. The van der Waals surface area contributed by atoms with Gasteiger partial charge in [0.25, 0.3) is 0 Å². The van der Waals surface area contributed by atoms with E-state index in [-0.39, 0.29) is 0 Å². The second-order valence-corrected chi connectivity index (χ2v) is 6.19. The lowest BCUT2D eigenvalue weighted by molar-refractivity contribution is 0.309. The predicted octanol–water partition coefficient (Wildman–Crippen LogP) is 3.03. The molecule has 2 heteroatoms. The molecule has 2 unspecified atom stereocenters. The van der Waals surface area contributed by atoms with Crippen molar-refractivity contribution in [3.8, 4) is 0 Å². The van der Waals surface area contributed by atoms with Crippen molar-refractivity contribution in [3.05, 3.63) is 0 Å². The van der Waals surface area contributed by atoms with Crippen LogP contribution < -0.4 is 5.32 Å². The first-order valence-corrected chi connectivity index (χ1v) is 7.77. The maximum atomic E-state index is 3.74. The van der Waals surface area contributed by atoms with Crippen LogP contribution in [-0.4, -0.2) is 36.6 Å². The van der Waals surface area contributed by atoms with Crippen LogP contribution in [0.15, 0.2) is 0 Å². The summed E-state index contributed by atoms with van der Waals surface area (Å²) in [5.41, 5.74) is 0. The molecule has 2 rings (SSSR count). The van der Waals surface area contributed by atoms with Crippen LogP contribution in [0, 0.1) is 5.92 Å². The topological polar surface area (TPSA) is 15.3 Å². The lowest BCUT2D eigenvalue weighted by atomic mass is 10.1. The number of hydrogen-bond acceptors (Lipinski definition) is 2. The van der Waals surface area contributed by atoms with Crippen molar-refractivity contribution in [2.75, 3.05) is 19.6 Å². The van der Waals surface area contributed by atoms with E-state index in [1.54, 1.807) is 0 Å². The molecular weight excluding hydrogens is 208 g/mol. The van der Waals surface area contributed by atoms with E-state index in [4.69, 9.17) is 0 Å². The Kier molecular flexibility index (Phi) is 5.30. The Morgan fingerprint density at radius 1 is 1.24 bits per heavy atom. The zero-order valence-corrected chi connectivity index (χ0v) is 11.8. The van der Waals surface area contributed by atoms with Gasteiger partial charge in [-0.2, -0.15) is 0 Å². The Hall–Kier alpha value is -0.0800. The smallest absolute Gasteiger partial charge is 0.00965 e. The van der Waals surface area contributed by atoms with Crippen molar-refractivity contribution in [2.45, 2.75) is 70.9 Å². The fourth-order valence-electron chi connectivity index (χ4n) is 2.97. The van der Waals surface area contributed by atoms with Crippen LogP contribution in [0.2, 0.25) is 0 Å². The Balaban J connectivity index is 1.52. The molecule has 0 amide bonds. The standard InChI is InChI=1S/C15H30N2/c1-3-4-5-6-13(2)16-11-14-9-10-17(12-14)15-7-8-15/h13-16H,3-12H2,1-2H3. The van der Waals surface area contributed by atoms with Gasteiger partial charge in [-0.25, -0.2) is 0 Å². The lowest BCUT2D eigenvalue weighted by Gasteiger charge is -2.18. The van der Waals surface area contributed by atoms with E-state index in [1.165, 1.54) is 64.6 Å². The average Bonchev–Trinajstić information content (AvgIpc) is 3.07. The SMILES string of the molecule is CCCCCC(C)NCC1CCN(C2CC2)C1. The largest absolute Gasteiger partial charge is 0.314 e. The molecule has 1 saturated heterocycles. The third-order valence-corrected chi connectivity index (χ3v) is 4.38. The molecule has 2 nitrogen and oxygen atoms in total.